The second kappa shape index (κ2) is 14.8. The molecule has 2 N–H and O–H groups in total. The van der Waals surface area contributed by atoms with Gasteiger partial charge in [-0.1, -0.05) is 67.2 Å². The fourth-order valence-electron chi connectivity index (χ4n) is 8.61. The Labute approximate surface area is 312 Å². The molecule has 1 aromatic carbocycles. The zero-order valence-corrected chi connectivity index (χ0v) is 33.8. The predicted octanol–water partition coefficient (Wildman–Crippen LogP) is 9.76. The van der Waals surface area contributed by atoms with Crippen molar-refractivity contribution in [2.75, 3.05) is 10.2 Å². The molecular weight excluding hydrogens is 649 g/mol. The van der Waals surface area contributed by atoms with Gasteiger partial charge in [0.15, 0.2) is 0 Å². The number of hydrogen-bond donors (Lipinski definition) is 2. The smallest absolute Gasteiger partial charge is 0.246 e. The van der Waals surface area contributed by atoms with E-state index in [4.69, 9.17) is 0 Å². The minimum atomic E-state index is -0.317. The van der Waals surface area contributed by atoms with Crippen molar-refractivity contribution in [3.05, 3.63) is 63.6 Å². The van der Waals surface area contributed by atoms with Crippen molar-refractivity contribution >= 4 is 40.3 Å². The highest BCUT2D eigenvalue weighted by molar-refractivity contribution is 6.42. The number of fused-ring (bicyclic) bond motifs is 2. The number of carbonyl (C=O) groups is 3. The Kier molecular flexibility index (Phi) is 11.2. The zero-order chi connectivity index (χ0) is 38.4. The first-order valence-electron chi connectivity index (χ1n) is 19.7. The third-order valence-electron chi connectivity index (χ3n) is 12.2. The second-order valence-electron chi connectivity index (χ2n) is 17.0. The first-order valence-corrected chi connectivity index (χ1v) is 19.7. The molecule has 0 radical (unpaired) electrons. The number of ketones is 1. The average molecular weight is 711 g/mol. The second-order valence-corrected chi connectivity index (χ2v) is 17.0. The number of likely N-dealkylation sites (tertiary alicyclic amines) is 1. The summed E-state index contributed by atoms with van der Waals surface area (Å²) in [6.07, 6.45) is 10.1. The molecule has 2 heterocycles. The summed E-state index contributed by atoms with van der Waals surface area (Å²) in [7, 11) is 0. The van der Waals surface area contributed by atoms with E-state index in [-0.39, 0.29) is 69.5 Å². The molecule has 8 heteroatoms. The van der Waals surface area contributed by atoms with E-state index in [0.717, 1.165) is 61.0 Å². The van der Waals surface area contributed by atoms with Crippen molar-refractivity contribution in [1.82, 2.24) is 4.90 Å². The van der Waals surface area contributed by atoms with Crippen molar-refractivity contribution in [3.8, 4) is 0 Å². The SMILES string of the molecule is CCCCCC(=O)N=C1C=C2C(=CC1=C1C(=O)C(c3cc4c(cc3NC(=O)CCCCC)N(C(C)C)C(C)C4(C)C)=C1O)C(C)(C)C(C)N2C(C)C. The molecule has 1 fully saturated rings. The minimum Gasteiger partial charge on any atom is -0.506 e. The van der Waals surface area contributed by atoms with Crippen LogP contribution >= 0.6 is 0 Å². The van der Waals surface area contributed by atoms with Crippen molar-refractivity contribution in [2.45, 2.75) is 164 Å². The lowest BCUT2D eigenvalue weighted by Crippen LogP contribution is -2.42. The fourth-order valence-corrected chi connectivity index (χ4v) is 8.61. The van der Waals surface area contributed by atoms with Crippen molar-refractivity contribution in [1.29, 1.82) is 0 Å². The first kappa shape index (κ1) is 39.3. The molecule has 2 amide bonds. The van der Waals surface area contributed by atoms with Gasteiger partial charge in [0, 0.05) is 70.4 Å². The van der Waals surface area contributed by atoms with E-state index in [1.165, 1.54) is 0 Å². The number of carbonyl (C=O) groups excluding carboxylic acids is 3. The summed E-state index contributed by atoms with van der Waals surface area (Å²) in [5.41, 5.74) is 5.95. The topological polar surface area (TPSA) is 102 Å². The molecule has 4 aliphatic rings. The summed E-state index contributed by atoms with van der Waals surface area (Å²) >= 11 is 0. The molecule has 2 unspecified atom stereocenters. The molecule has 1 aromatic rings. The Bertz CT molecular complexity index is 1800. The maximum atomic E-state index is 14.6. The van der Waals surface area contributed by atoms with E-state index < -0.39 is 0 Å². The number of aliphatic hydroxyl groups is 1. The van der Waals surface area contributed by atoms with Gasteiger partial charge in [-0.2, -0.15) is 0 Å². The number of Topliss-reactive ketones (excluding diaryl/α,β-unsaturated/α-hetero) is 1. The molecule has 2 atom stereocenters. The van der Waals surface area contributed by atoms with Gasteiger partial charge >= 0.3 is 0 Å². The summed E-state index contributed by atoms with van der Waals surface area (Å²) in [5, 5.41) is 15.1. The Hall–Kier alpha value is -3.94. The average Bonchev–Trinajstić information content (AvgIpc) is 3.38. The molecule has 5 rings (SSSR count). The third-order valence-corrected chi connectivity index (χ3v) is 12.2. The van der Waals surface area contributed by atoms with E-state index in [9.17, 15) is 19.5 Å². The van der Waals surface area contributed by atoms with Crippen LogP contribution in [0.15, 0.2) is 57.5 Å². The highest BCUT2D eigenvalue weighted by Crippen LogP contribution is 2.53. The van der Waals surface area contributed by atoms with Gasteiger partial charge in [0.05, 0.1) is 22.5 Å². The molecule has 2 aliphatic carbocycles. The summed E-state index contributed by atoms with van der Waals surface area (Å²) in [6, 6.07) is 4.77. The lowest BCUT2D eigenvalue weighted by molar-refractivity contribution is -0.118. The highest BCUT2D eigenvalue weighted by Gasteiger charge is 2.49. The number of aliphatic hydroxyl groups excluding tert-OH is 1. The van der Waals surface area contributed by atoms with E-state index in [0.29, 0.717) is 35.4 Å². The lowest BCUT2D eigenvalue weighted by atomic mass is 9.73. The van der Waals surface area contributed by atoms with Gasteiger partial charge < -0.3 is 20.2 Å². The first-order chi connectivity index (χ1) is 24.4. The number of amides is 2. The Balaban J connectivity index is 1.70. The number of nitrogens with zero attached hydrogens (tertiary/aromatic N) is 3. The molecule has 282 valence electrons. The molecule has 0 spiro atoms. The number of allylic oxidation sites excluding steroid dienone is 6. The number of hydrogen-bond acceptors (Lipinski definition) is 6. The van der Waals surface area contributed by atoms with Crippen molar-refractivity contribution < 1.29 is 19.5 Å². The Morgan fingerprint density at radius 3 is 2.02 bits per heavy atom. The molecule has 8 nitrogen and oxygen atoms in total. The number of unbranched alkanes of at least 4 members (excludes halogenated alkanes) is 4. The van der Waals surface area contributed by atoms with E-state index in [2.05, 4.69) is 103 Å². The van der Waals surface area contributed by atoms with E-state index in [1.807, 2.05) is 24.3 Å². The normalized spacial score (nSPS) is 24.0. The molecule has 0 aromatic heterocycles. The van der Waals surface area contributed by atoms with Crippen LogP contribution < -0.4 is 10.2 Å². The van der Waals surface area contributed by atoms with Gasteiger partial charge in [0.1, 0.15) is 5.76 Å². The van der Waals surface area contributed by atoms with Crippen molar-refractivity contribution in [2.24, 2.45) is 10.4 Å². The molecule has 52 heavy (non-hydrogen) atoms. The monoisotopic (exact) mass is 710 g/mol. The van der Waals surface area contributed by atoms with Crippen LogP contribution in [0.5, 0.6) is 0 Å². The van der Waals surface area contributed by atoms with Crippen LogP contribution in [0.4, 0.5) is 11.4 Å². The number of nitrogens with one attached hydrogen (secondary N) is 1. The summed E-state index contributed by atoms with van der Waals surface area (Å²) < 4.78 is 0. The molecule has 0 saturated carbocycles. The van der Waals surface area contributed by atoms with Gasteiger partial charge in [-0.15, -0.1) is 0 Å². The number of aliphatic imine (C=N–C) groups is 1. The summed E-state index contributed by atoms with van der Waals surface area (Å²) in [5.74, 6) is -0.789. The van der Waals surface area contributed by atoms with Gasteiger partial charge in [0.25, 0.3) is 0 Å². The van der Waals surface area contributed by atoms with Gasteiger partial charge in [-0.25, -0.2) is 4.99 Å². The quantitative estimate of drug-likeness (QED) is 0.165. The largest absolute Gasteiger partial charge is 0.506 e. The van der Waals surface area contributed by atoms with E-state index >= 15 is 0 Å². The number of benzene rings is 1. The van der Waals surface area contributed by atoms with Crippen LogP contribution in [0, 0.1) is 5.41 Å². The highest BCUT2D eigenvalue weighted by atomic mass is 16.3. The molecular formula is C44H62N4O4. The summed E-state index contributed by atoms with van der Waals surface area (Å²) in [4.78, 5) is 50.4. The van der Waals surface area contributed by atoms with Gasteiger partial charge in [-0.05, 0) is 89.8 Å². The van der Waals surface area contributed by atoms with Crippen LogP contribution in [0.3, 0.4) is 0 Å². The van der Waals surface area contributed by atoms with Gasteiger partial charge in [-0.3, -0.25) is 14.4 Å². The van der Waals surface area contributed by atoms with Crippen LogP contribution in [0.1, 0.15) is 146 Å². The zero-order valence-electron chi connectivity index (χ0n) is 33.8. The van der Waals surface area contributed by atoms with Crippen LogP contribution in [0.2, 0.25) is 0 Å². The minimum absolute atomic E-state index is 0.112. The molecule has 2 aliphatic heterocycles. The fraction of sp³-hybridized carbons (Fsp3) is 0.591. The molecule has 0 bridgehead atoms. The van der Waals surface area contributed by atoms with Crippen LogP contribution in [-0.4, -0.2) is 57.5 Å². The van der Waals surface area contributed by atoms with Crippen LogP contribution in [-0.2, 0) is 19.8 Å². The van der Waals surface area contributed by atoms with Gasteiger partial charge in [0.2, 0.25) is 17.6 Å². The third kappa shape index (κ3) is 6.71. The van der Waals surface area contributed by atoms with Crippen molar-refractivity contribution in [3.63, 3.8) is 0 Å². The number of anilines is 2. The van der Waals surface area contributed by atoms with Crippen LogP contribution in [0.25, 0.3) is 5.57 Å². The lowest BCUT2D eigenvalue weighted by Gasteiger charge is -2.34. The maximum absolute atomic E-state index is 14.6. The van der Waals surface area contributed by atoms with E-state index in [1.54, 1.807) is 0 Å². The Morgan fingerprint density at radius 1 is 0.846 bits per heavy atom. The summed E-state index contributed by atoms with van der Waals surface area (Å²) in [6.45, 7) is 26.1. The Morgan fingerprint density at radius 2 is 1.44 bits per heavy atom. The maximum Gasteiger partial charge on any atom is 0.246 e. The predicted molar refractivity (Wildman–Crippen MR) is 214 cm³/mol. The molecule has 1 saturated heterocycles. The standard InChI is InChI=1S/C44H62N4O4/c1-13-15-17-19-37(49)45-33-23-35-31(43(9,10)27(7)47(35)25(3)4)21-29(33)39-41(51)40(42(39)52)30-22-32-36(48(26(5)6)28(8)44(32,11)12)24-34(30)46-38(50)20-18-16-14-2/h21-28,51H,13-20H2,1-12H3,(H,45,49). The number of rotatable bonds is 12.